The van der Waals surface area contributed by atoms with Crippen molar-refractivity contribution in [3.63, 3.8) is 0 Å². The summed E-state index contributed by atoms with van der Waals surface area (Å²) in [5.74, 6) is -4.14. The minimum absolute atomic E-state index is 0.120. The van der Waals surface area contributed by atoms with Gasteiger partial charge in [0.15, 0.2) is 11.6 Å². The third kappa shape index (κ3) is 6.57. The van der Waals surface area contributed by atoms with E-state index >= 15 is 0 Å². The summed E-state index contributed by atoms with van der Waals surface area (Å²) < 4.78 is 69.8. The topological polar surface area (TPSA) is 90.9 Å². The maximum atomic E-state index is 14.8. The molecule has 37 heavy (non-hydrogen) atoms. The number of carbonyl (C=O) groups is 2. The summed E-state index contributed by atoms with van der Waals surface area (Å²) in [7, 11) is 0. The SMILES string of the molecule is O=C(Oc1ccc(F)cc1)N(C(=O)Oc1ccc(F)cc1)c1nc(OCc2ccc(F)cc2)ncc1F. The van der Waals surface area contributed by atoms with E-state index < -0.39 is 47.3 Å². The Bertz CT molecular complexity index is 1340. The average molecular weight is 513 g/mol. The van der Waals surface area contributed by atoms with Crippen molar-refractivity contribution in [3.8, 4) is 17.5 Å². The van der Waals surface area contributed by atoms with Gasteiger partial charge < -0.3 is 14.2 Å². The summed E-state index contributed by atoms with van der Waals surface area (Å²) in [4.78, 5) is 33.4. The highest BCUT2D eigenvalue weighted by Gasteiger charge is 2.32. The molecule has 0 aliphatic heterocycles. The maximum Gasteiger partial charge on any atom is 0.430 e. The van der Waals surface area contributed by atoms with E-state index in [2.05, 4.69) is 9.97 Å². The minimum atomic E-state index is -1.46. The van der Waals surface area contributed by atoms with Gasteiger partial charge >= 0.3 is 18.2 Å². The van der Waals surface area contributed by atoms with Crippen molar-refractivity contribution in [2.75, 3.05) is 4.90 Å². The van der Waals surface area contributed by atoms with Crippen LogP contribution in [0.4, 0.5) is 33.0 Å². The molecule has 0 spiro atoms. The molecule has 0 fully saturated rings. The first-order valence-electron chi connectivity index (χ1n) is 10.4. The smallest absolute Gasteiger partial charge is 0.430 e. The van der Waals surface area contributed by atoms with Crippen LogP contribution < -0.4 is 19.1 Å². The highest BCUT2D eigenvalue weighted by atomic mass is 19.1. The Morgan fingerprint density at radius 3 is 1.65 bits per heavy atom. The number of aromatic nitrogens is 2. The van der Waals surface area contributed by atoms with Crippen molar-refractivity contribution in [2.45, 2.75) is 6.61 Å². The lowest BCUT2D eigenvalue weighted by atomic mass is 10.2. The van der Waals surface area contributed by atoms with E-state index in [1.54, 1.807) is 0 Å². The van der Waals surface area contributed by atoms with Crippen molar-refractivity contribution in [1.29, 1.82) is 0 Å². The number of imide groups is 1. The molecular weight excluding hydrogens is 498 g/mol. The van der Waals surface area contributed by atoms with Gasteiger partial charge in [-0.25, -0.2) is 32.1 Å². The minimum Gasteiger partial charge on any atom is -0.459 e. The van der Waals surface area contributed by atoms with Gasteiger partial charge in [0.1, 0.15) is 35.6 Å². The first kappa shape index (κ1) is 25.1. The van der Waals surface area contributed by atoms with Crippen molar-refractivity contribution in [3.05, 3.63) is 108 Å². The summed E-state index contributed by atoms with van der Waals surface area (Å²) in [6.45, 7) is -0.147. The number of benzene rings is 3. The molecule has 12 heteroatoms. The van der Waals surface area contributed by atoms with Crippen LogP contribution in [0, 0.1) is 23.3 Å². The molecule has 0 unspecified atom stereocenters. The molecule has 8 nitrogen and oxygen atoms in total. The van der Waals surface area contributed by atoms with Crippen molar-refractivity contribution in [1.82, 2.24) is 9.97 Å². The predicted octanol–water partition coefficient (Wildman–Crippen LogP) is 5.82. The standard InChI is InChI=1S/C25H15F4N3O5/c26-16-3-1-15(2-4-16)14-35-23-30-13-21(29)22(31-23)32(24(33)36-19-9-5-17(27)6-10-19)25(34)37-20-11-7-18(28)8-12-20/h1-13H,14H2. The fourth-order valence-electron chi connectivity index (χ4n) is 2.84. The number of amides is 2. The number of ether oxygens (including phenoxy) is 3. The predicted molar refractivity (Wildman–Crippen MR) is 120 cm³/mol. The molecule has 0 saturated heterocycles. The van der Waals surface area contributed by atoms with Gasteiger partial charge in [-0.1, -0.05) is 12.1 Å². The molecule has 0 saturated carbocycles. The molecule has 4 aromatic rings. The lowest BCUT2D eigenvalue weighted by Crippen LogP contribution is -2.42. The van der Waals surface area contributed by atoms with Gasteiger partial charge in [-0.15, -0.1) is 0 Å². The van der Waals surface area contributed by atoms with E-state index in [0.29, 0.717) is 11.8 Å². The van der Waals surface area contributed by atoms with Crippen molar-refractivity contribution >= 4 is 18.0 Å². The molecule has 0 radical (unpaired) electrons. The second kappa shape index (κ2) is 11.2. The van der Waals surface area contributed by atoms with Crippen LogP contribution in [-0.2, 0) is 6.61 Å². The number of rotatable bonds is 6. The first-order chi connectivity index (χ1) is 17.8. The Morgan fingerprint density at radius 2 is 1.16 bits per heavy atom. The largest absolute Gasteiger partial charge is 0.459 e. The molecule has 0 bridgehead atoms. The number of anilines is 1. The van der Waals surface area contributed by atoms with E-state index in [0.717, 1.165) is 48.5 Å². The summed E-state index contributed by atoms with van der Waals surface area (Å²) in [6.07, 6.45) is -2.27. The molecule has 3 aromatic carbocycles. The normalized spacial score (nSPS) is 10.5. The summed E-state index contributed by atoms with van der Waals surface area (Å²) in [5.41, 5.74) is 0.527. The van der Waals surface area contributed by atoms with E-state index in [1.807, 2.05) is 0 Å². The van der Waals surface area contributed by atoms with Crippen molar-refractivity contribution in [2.24, 2.45) is 0 Å². The van der Waals surface area contributed by atoms with E-state index in [-0.39, 0.29) is 23.0 Å². The quantitative estimate of drug-likeness (QED) is 0.300. The Morgan fingerprint density at radius 1 is 0.703 bits per heavy atom. The van der Waals surface area contributed by atoms with Gasteiger partial charge in [-0.2, -0.15) is 9.88 Å². The highest BCUT2D eigenvalue weighted by Crippen LogP contribution is 2.23. The fourth-order valence-corrected chi connectivity index (χ4v) is 2.84. The van der Waals surface area contributed by atoms with Gasteiger partial charge in [-0.3, -0.25) is 0 Å². The molecule has 0 aliphatic carbocycles. The maximum absolute atomic E-state index is 14.8. The highest BCUT2D eigenvalue weighted by molar-refractivity contribution is 6.09. The Labute approximate surface area is 206 Å². The van der Waals surface area contributed by atoms with Gasteiger partial charge in [0.25, 0.3) is 0 Å². The summed E-state index contributed by atoms with van der Waals surface area (Å²) in [6, 6.07) is 13.2. The van der Waals surface area contributed by atoms with Crippen LogP contribution in [0.2, 0.25) is 0 Å². The average Bonchev–Trinajstić information content (AvgIpc) is 2.88. The number of carbonyl (C=O) groups excluding carboxylic acids is 2. The van der Waals surface area contributed by atoms with Crippen LogP contribution in [0.5, 0.6) is 17.5 Å². The van der Waals surface area contributed by atoms with E-state index in [4.69, 9.17) is 14.2 Å². The van der Waals surface area contributed by atoms with Crippen molar-refractivity contribution < 1.29 is 41.4 Å². The second-order valence-electron chi connectivity index (χ2n) is 7.22. The zero-order valence-corrected chi connectivity index (χ0v) is 18.6. The Hall–Kier alpha value is -5.00. The molecule has 0 N–H and O–H groups in total. The number of nitrogens with zero attached hydrogens (tertiary/aromatic N) is 3. The molecule has 0 atom stereocenters. The summed E-state index contributed by atoms with van der Waals surface area (Å²) >= 11 is 0. The lowest BCUT2D eigenvalue weighted by Gasteiger charge is -2.19. The van der Waals surface area contributed by atoms with Crippen LogP contribution >= 0.6 is 0 Å². The number of hydrogen-bond donors (Lipinski definition) is 0. The zero-order chi connectivity index (χ0) is 26.4. The fraction of sp³-hybridized carbons (Fsp3) is 0.0400. The van der Waals surface area contributed by atoms with E-state index in [9.17, 15) is 27.2 Å². The molecular formula is C25H15F4N3O5. The zero-order valence-electron chi connectivity index (χ0n) is 18.6. The van der Waals surface area contributed by atoms with Crippen LogP contribution in [0.3, 0.4) is 0 Å². The van der Waals surface area contributed by atoms with Gasteiger partial charge in [-0.05, 0) is 66.2 Å². The van der Waals surface area contributed by atoms with Gasteiger partial charge in [0, 0.05) is 0 Å². The monoisotopic (exact) mass is 513 g/mol. The lowest BCUT2D eigenvalue weighted by molar-refractivity contribution is 0.190. The molecule has 0 aliphatic rings. The summed E-state index contributed by atoms with van der Waals surface area (Å²) in [5, 5.41) is 0. The first-order valence-corrected chi connectivity index (χ1v) is 10.4. The number of halogens is 4. The third-order valence-electron chi connectivity index (χ3n) is 4.60. The van der Waals surface area contributed by atoms with Crippen LogP contribution in [0.25, 0.3) is 0 Å². The molecule has 1 heterocycles. The van der Waals surface area contributed by atoms with Crippen LogP contribution in [0.1, 0.15) is 5.56 Å². The van der Waals surface area contributed by atoms with Crippen LogP contribution in [0.15, 0.2) is 79.0 Å². The van der Waals surface area contributed by atoms with Gasteiger partial charge in [0.2, 0.25) is 0 Å². The molecule has 188 valence electrons. The molecule has 4 rings (SSSR count). The molecule has 2 amide bonds. The third-order valence-corrected chi connectivity index (χ3v) is 4.60. The van der Waals surface area contributed by atoms with Gasteiger partial charge in [0.05, 0.1) is 6.20 Å². The van der Waals surface area contributed by atoms with Crippen LogP contribution in [-0.4, -0.2) is 22.2 Å². The Kier molecular flexibility index (Phi) is 7.57. The Balaban J connectivity index is 1.62. The number of hydrogen-bond acceptors (Lipinski definition) is 7. The van der Waals surface area contributed by atoms with E-state index in [1.165, 1.54) is 24.3 Å². The molecule has 1 aromatic heterocycles. The second-order valence-corrected chi connectivity index (χ2v) is 7.22.